The van der Waals surface area contributed by atoms with Gasteiger partial charge in [0, 0.05) is 28.6 Å². The average molecular weight is 431 g/mol. The SMILES string of the molecule is N=C(/C=C(\NCc1ccccc1I)c1ccno1)c1ncccn1. The van der Waals surface area contributed by atoms with Crippen molar-refractivity contribution < 1.29 is 4.52 Å². The number of benzene rings is 1. The van der Waals surface area contributed by atoms with E-state index < -0.39 is 0 Å². The van der Waals surface area contributed by atoms with E-state index in [1.165, 1.54) is 3.57 Å². The number of hydrogen-bond acceptors (Lipinski definition) is 6. The van der Waals surface area contributed by atoms with Crippen LogP contribution < -0.4 is 5.32 Å². The van der Waals surface area contributed by atoms with Crippen molar-refractivity contribution in [3.05, 3.63) is 81.8 Å². The molecular weight excluding hydrogens is 417 g/mol. The summed E-state index contributed by atoms with van der Waals surface area (Å²) < 4.78 is 6.40. The van der Waals surface area contributed by atoms with Gasteiger partial charge in [-0.15, -0.1) is 0 Å². The van der Waals surface area contributed by atoms with Crippen LogP contribution in [0.4, 0.5) is 0 Å². The van der Waals surface area contributed by atoms with Gasteiger partial charge in [0.25, 0.3) is 0 Å². The average Bonchev–Trinajstić information content (AvgIpc) is 3.15. The van der Waals surface area contributed by atoms with E-state index in [2.05, 4.69) is 55.2 Å². The molecule has 0 amide bonds. The summed E-state index contributed by atoms with van der Waals surface area (Å²) in [6.07, 6.45) is 6.43. The highest BCUT2D eigenvalue weighted by molar-refractivity contribution is 14.1. The van der Waals surface area contributed by atoms with Gasteiger partial charge in [0.1, 0.15) is 5.71 Å². The highest BCUT2D eigenvalue weighted by Gasteiger charge is 2.10. The highest BCUT2D eigenvalue weighted by Crippen LogP contribution is 2.15. The van der Waals surface area contributed by atoms with Crippen molar-refractivity contribution in [1.29, 1.82) is 5.41 Å². The summed E-state index contributed by atoms with van der Waals surface area (Å²) in [5, 5.41) is 15.2. The topological polar surface area (TPSA) is 87.7 Å². The first-order valence-corrected chi connectivity index (χ1v) is 8.28. The number of rotatable bonds is 6. The smallest absolute Gasteiger partial charge is 0.182 e. The number of nitrogens with one attached hydrogen (secondary N) is 2. The highest BCUT2D eigenvalue weighted by atomic mass is 127. The summed E-state index contributed by atoms with van der Waals surface area (Å²) in [4.78, 5) is 8.18. The molecule has 7 heteroatoms. The van der Waals surface area contributed by atoms with Crippen LogP contribution in [0.2, 0.25) is 0 Å². The predicted molar refractivity (Wildman–Crippen MR) is 99.3 cm³/mol. The second-order valence-electron chi connectivity index (χ2n) is 4.87. The van der Waals surface area contributed by atoms with Gasteiger partial charge in [-0.1, -0.05) is 23.4 Å². The fraction of sp³-hybridized carbons (Fsp3) is 0.0588. The molecule has 0 spiro atoms. The van der Waals surface area contributed by atoms with Crippen LogP contribution in [0.5, 0.6) is 0 Å². The maximum absolute atomic E-state index is 8.18. The minimum atomic E-state index is 0.192. The molecule has 3 rings (SSSR count). The third-order valence-corrected chi connectivity index (χ3v) is 4.28. The second-order valence-corrected chi connectivity index (χ2v) is 6.03. The minimum Gasteiger partial charge on any atom is -0.378 e. The molecule has 0 fully saturated rings. The molecule has 0 aliphatic rings. The molecule has 1 aromatic carbocycles. The predicted octanol–water partition coefficient (Wildman–Crippen LogP) is 3.27. The van der Waals surface area contributed by atoms with Crippen molar-refractivity contribution in [3.8, 4) is 0 Å². The molecule has 3 aromatic rings. The molecule has 0 saturated carbocycles. The van der Waals surface area contributed by atoms with Crippen molar-refractivity contribution in [2.45, 2.75) is 6.54 Å². The van der Waals surface area contributed by atoms with Gasteiger partial charge < -0.3 is 9.84 Å². The number of nitrogens with zero attached hydrogens (tertiary/aromatic N) is 3. The van der Waals surface area contributed by atoms with Crippen molar-refractivity contribution in [2.75, 3.05) is 0 Å². The van der Waals surface area contributed by atoms with Gasteiger partial charge in [0.15, 0.2) is 11.6 Å². The molecule has 0 unspecified atom stereocenters. The fourth-order valence-electron chi connectivity index (χ4n) is 2.04. The summed E-state index contributed by atoms with van der Waals surface area (Å²) in [5.41, 5.74) is 2.01. The normalized spacial score (nSPS) is 11.3. The van der Waals surface area contributed by atoms with Gasteiger partial charge in [-0.2, -0.15) is 0 Å². The zero-order valence-corrected chi connectivity index (χ0v) is 14.8. The van der Waals surface area contributed by atoms with Crippen LogP contribution in [0.15, 0.2) is 65.6 Å². The van der Waals surface area contributed by atoms with Crippen LogP contribution in [0, 0.1) is 8.98 Å². The van der Waals surface area contributed by atoms with E-state index in [1.807, 2.05) is 12.1 Å². The molecule has 0 aliphatic heterocycles. The summed E-state index contributed by atoms with van der Waals surface area (Å²) in [6, 6.07) is 11.6. The van der Waals surface area contributed by atoms with E-state index in [1.54, 1.807) is 36.8 Å². The Bertz CT molecular complexity index is 846. The lowest BCUT2D eigenvalue weighted by molar-refractivity contribution is 0.407. The molecule has 120 valence electrons. The van der Waals surface area contributed by atoms with Gasteiger partial charge in [-0.3, -0.25) is 5.41 Å². The number of allylic oxidation sites excluding steroid dienone is 1. The number of hydrogen-bond donors (Lipinski definition) is 2. The number of halogens is 1. The minimum absolute atomic E-state index is 0.192. The number of aromatic nitrogens is 3. The van der Waals surface area contributed by atoms with Crippen LogP contribution in [-0.2, 0) is 6.54 Å². The van der Waals surface area contributed by atoms with E-state index in [-0.39, 0.29) is 5.71 Å². The molecule has 0 aliphatic carbocycles. The van der Waals surface area contributed by atoms with E-state index in [4.69, 9.17) is 9.93 Å². The first-order chi connectivity index (χ1) is 11.7. The summed E-state index contributed by atoms with van der Waals surface area (Å²) in [7, 11) is 0. The Morgan fingerprint density at radius 3 is 2.62 bits per heavy atom. The molecule has 6 nitrogen and oxygen atoms in total. The first-order valence-electron chi connectivity index (χ1n) is 7.20. The van der Waals surface area contributed by atoms with E-state index in [0.717, 1.165) is 5.56 Å². The Balaban J connectivity index is 1.83. The van der Waals surface area contributed by atoms with Crippen LogP contribution in [0.3, 0.4) is 0 Å². The summed E-state index contributed by atoms with van der Waals surface area (Å²) >= 11 is 2.30. The third kappa shape index (κ3) is 4.05. The van der Waals surface area contributed by atoms with Gasteiger partial charge >= 0.3 is 0 Å². The summed E-state index contributed by atoms with van der Waals surface area (Å²) in [6.45, 7) is 0.606. The first kappa shape index (κ1) is 16.3. The molecule has 0 atom stereocenters. The molecular formula is C17H14IN5O. The Morgan fingerprint density at radius 1 is 1.12 bits per heavy atom. The molecule has 0 bridgehead atoms. The summed E-state index contributed by atoms with van der Waals surface area (Å²) in [5.74, 6) is 0.909. The fourth-order valence-corrected chi connectivity index (χ4v) is 2.62. The Hall–Kier alpha value is -2.55. The van der Waals surface area contributed by atoms with Crippen molar-refractivity contribution in [3.63, 3.8) is 0 Å². The molecule has 24 heavy (non-hydrogen) atoms. The second kappa shape index (κ2) is 7.82. The van der Waals surface area contributed by atoms with Crippen molar-refractivity contribution in [1.82, 2.24) is 20.4 Å². The lowest BCUT2D eigenvalue weighted by atomic mass is 10.2. The van der Waals surface area contributed by atoms with E-state index in [0.29, 0.717) is 23.8 Å². The van der Waals surface area contributed by atoms with Crippen LogP contribution in [0.1, 0.15) is 17.1 Å². The van der Waals surface area contributed by atoms with Gasteiger partial charge in [-0.25, -0.2) is 9.97 Å². The quantitative estimate of drug-likeness (QED) is 0.462. The van der Waals surface area contributed by atoms with Crippen molar-refractivity contribution in [2.24, 2.45) is 0 Å². The monoisotopic (exact) mass is 431 g/mol. The molecule has 2 aromatic heterocycles. The van der Waals surface area contributed by atoms with Crippen LogP contribution >= 0.6 is 22.6 Å². The third-order valence-electron chi connectivity index (χ3n) is 3.23. The van der Waals surface area contributed by atoms with Crippen LogP contribution in [0.25, 0.3) is 5.70 Å². The lowest BCUT2D eigenvalue weighted by Gasteiger charge is -2.10. The largest absolute Gasteiger partial charge is 0.378 e. The van der Waals surface area contributed by atoms with Gasteiger partial charge in [0.05, 0.1) is 11.9 Å². The zero-order chi connectivity index (χ0) is 16.8. The Morgan fingerprint density at radius 2 is 1.92 bits per heavy atom. The van der Waals surface area contributed by atoms with E-state index >= 15 is 0 Å². The Labute approximate surface area is 152 Å². The maximum atomic E-state index is 8.18. The maximum Gasteiger partial charge on any atom is 0.182 e. The molecule has 2 heterocycles. The van der Waals surface area contributed by atoms with Crippen molar-refractivity contribution >= 4 is 34.0 Å². The zero-order valence-electron chi connectivity index (χ0n) is 12.6. The van der Waals surface area contributed by atoms with Gasteiger partial charge in [0.2, 0.25) is 0 Å². The van der Waals surface area contributed by atoms with E-state index in [9.17, 15) is 0 Å². The standard InChI is InChI=1S/C17H14IN5O/c18-13-5-2-1-4-12(13)11-22-15(16-6-9-23-24-16)10-14(19)17-20-7-3-8-21-17/h1-10,19,22H,11H2/b15-10-,19-14?. The molecule has 0 saturated heterocycles. The Kier molecular flexibility index (Phi) is 5.32. The lowest BCUT2D eigenvalue weighted by Crippen LogP contribution is -2.14. The van der Waals surface area contributed by atoms with Gasteiger partial charge in [-0.05, 0) is 46.4 Å². The van der Waals surface area contributed by atoms with Crippen LogP contribution in [-0.4, -0.2) is 20.8 Å². The molecule has 0 radical (unpaired) electrons. The molecule has 2 N–H and O–H groups in total.